The molecule has 0 saturated heterocycles. The summed E-state index contributed by atoms with van der Waals surface area (Å²) in [6, 6.07) is 4.25. The number of hydrogen-bond acceptors (Lipinski definition) is 2. The van der Waals surface area contributed by atoms with Gasteiger partial charge in [0.25, 0.3) is 0 Å². The molecule has 1 aliphatic rings. The molecule has 90 valence electrons. The molecule has 1 aromatic heterocycles. The maximum Gasteiger partial charge on any atom is 0.0338 e. The highest BCUT2D eigenvalue weighted by atomic mass is 35.5. The smallest absolute Gasteiger partial charge is 0.0338 e. The van der Waals surface area contributed by atoms with Crippen molar-refractivity contribution >= 4 is 12.4 Å². The molecule has 3 heteroatoms. The lowest BCUT2D eigenvalue weighted by Crippen LogP contribution is -2.25. The van der Waals surface area contributed by atoms with Gasteiger partial charge in [0.2, 0.25) is 0 Å². The summed E-state index contributed by atoms with van der Waals surface area (Å²) < 4.78 is 0. The minimum absolute atomic E-state index is 0. The molecule has 1 fully saturated rings. The molecular weight excluding hydrogens is 220 g/mol. The lowest BCUT2D eigenvalue weighted by Gasteiger charge is -2.30. The van der Waals surface area contributed by atoms with E-state index in [1.807, 2.05) is 12.3 Å². The highest BCUT2D eigenvalue weighted by Gasteiger charge is 2.24. The monoisotopic (exact) mass is 240 g/mol. The van der Waals surface area contributed by atoms with Crippen LogP contribution in [0.15, 0.2) is 24.5 Å². The number of aromatic nitrogens is 1. The van der Waals surface area contributed by atoms with E-state index in [0.29, 0.717) is 5.92 Å². The van der Waals surface area contributed by atoms with Gasteiger partial charge in [-0.05, 0) is 36.3 Å². The quantitative estimate of drug-likeness (QED) is 0.861. The molecule has 2 N–H and O–H groups in total. The van der Waals surface area contributed by atoms with Crippen LogP contribution in [0, 0.1) is 11.8 Å². The van der Waals surface area contributed by atoms with Crippen molar-refractivity contribution in [2.45, 2.75) is 38.6 Å². The maximum absolute atomic E-state index is 6.28. The Morgan fingerprint density at radius 1 is 1.31 bits per heavy atom. The fraction of sp³-hybridized carbons (Fsp3) is 0.615. The number of halogens is 1. The lowest BCUT2D eigenvalue weighted by molar-refractivity contribution is 0.256. The third-order valence-electron chi connectivity index (χ3n) is 3.64. The van der Waals surface area contributed by atoms with Gasteiger partial charge < -0.3 is 5.73 Å². The van der Waals surface area contributed by atoms with Crippen LogP contribution >= 0.6 is 12.4 Å². The predicted molar refractivity (Wildman–Crippen MR) is 69.5 cm³/mol. The van der Waals surface area contributed by atoms with Gasteiger partial charge in [-0.15, -0.1) is 12.4 Å². The largest absolute Gasteiger partial charge is 0.324 e. The minimum Gasteiger partial charge on any atom is -0.324 e. The van der Waals surface area contributed by atoms with Crippen LogP contribution in [-0.2, 0) is 0 Å². The third kappa shape index (κ3) is 3.19. The standard InChI is InChI=1S/C13H20N2.ClH/c1-10-4-6-11(7-5-10)13(14)12-3-2-8-15-9-12;/h2-3,8-11,13H,4-7,14H2,1H3;1H. The molecule has 2 nitrogen and oxygen atoms in total. The fourth-order valence-electron chi connectivity index (χ4n) is 2.49. The van der Waals surface area contributed by atoms with Gasteiger partial charge in [-0.25, -0.2) is 0 Å². The fourth-order valence-corrected chi connectivity index (χ4v) is 2.49. The van der Waals surface area contributed by atoms with Crippen LogP contribution in [0.1, 0.15) is 44.2 Å². The van der Waals surface area contributed by atoms with Crippen molar-refractivity contribution in [2.75, 3.05) is 0 Å². The van der Waals surface area contributed by atoms with Gasteiger partial charge in [0, 0.05) is 18.4 Å². The summed E-state index contributed by atoms with van der Waals surface area (Å²) in [6.45, 7) is 2.34. The Hall–Kier alpha value is -0.600. The Morgan fingerprint density at radius 3 is 2.56 bits per heavy atom. The Bertz CT molecular complexity index is 294. The number of hydrogen-bond donors (Lipinski definition) is 1. The summed E-state index contributed by atoms with van der Waals surface area (Å²) in [6.07, 6.45) is 8.92. The number of rotatable bonds is 2. The molecule has 0 spiro atoms. The van der Waals surface area contributed by atoms with Crippen molar-refractivity contribution < 1.29 is 0 Å². The van der Waals surface area contributed by atoms with Crippen LogP contribution in [0.2, 0.25) is 0 Å². The van der Waals surface area contributed by atoms with E-state index in [0.717, 1.165) is 5.92 Å². The molecular formula is C13H21ClN2. The van der Waals surface area contributed by atoms with Crippen LogP contribution in [0.4, 0.5) is 0 Å². The number of nitrogens with zero attached hydrogens (tertiary/aromatic N) is 1. The maximum atomic E-state index is 6.28. The zero-order valence-electron chi connectivity index (χ0n) is 9.80. The van der Waals surface area contributed by atoms with E-state index in [1.54, 1.807) is 6.20 Å². The van der Waals surface area contributed by atoms with Gasteiger partial charge in [-0.2, -0.15) is 0 Å². The summed E-state index contributed by atoms with van der Waals surface area (Å²) in [5, 5.41) is 0. The van der Waals surface area contributed by atoms with E-state index in [9.17, 15) is 0 Å². The molecule has 1 aliphatic carbocycles. The van der Waals surface area contributed by atoms with Crippen molar-refractivity contribution in [3.8, 4) is 0 Å². The van der Waals surface area contributed by atoms with Crippen molar-refractivity contribution in [1.29, 1.82) is 0 Å². The Labute approximate surface area is 104 Å². The van der Waals surface area contributed by atoms with Gasteiger partial charge in [-0.3, -0.25) is 4.98 Å². The molecule has 0 amide bonds. The van der Waals surface area contributed by atoms with Crippen LogP contribution in [-0.4, -0.2) is 4.98 Å². The van der Waals surface area contributed by atoms with E-state index in [2.05, 4.69) is 18.0 Å². The Kier molecular flexibility index (Phi) is 5.23. The predicted octanol–water partition coefficient (Wildman–Crippen LogP) is 3.33. The van der Waals surface area contributed by atoms with Gasteiger partial charge in [0.05, 0.1) is 0 Å². The highest BCUT2D eigenvalue weighted by Crippen LogP contribution is 2.35. The average Bonchev–Trinajstić information content (AvgIpc) is 2.30. The second-order valence-corrected chi connectivity index (χ2v) is 4.83. The molecule has 2 rings (SSSR count). The summed E-state index contributed by atoms with van der Waals surface area (Å²) in [7, 11) is 0. The molecule has 1 saturated carbocycles. The molecule has 1 aromatic rings. The van der Waals surface area contributed by atoms with Crippen molar-refractivity contribution in [2.24, 2.45) is 17.6 Å². The van der Waals surface area contributed by atoms with E-state index in [-0.39, 0.29) is 18.4 Å². The van der Waals surface area contributed by atoms with E-state index < -0.39 is 0 Å². The summed E-state index contributed by atoms with van der Waals surface area (Å²) in [4.78, 5) is 4.14. The first kappa shape index (κ1) is 13.5. The highest BCUT2D eigenvalue weighted by molar-refractivity contribution is 5.85. The summed E-state index contributed by atoms with van der Waals surface area (Å²) >= 11 is 0. The summed E-state index contributed by atoms with van der Waals surface area (Å²) in [5.74, 6) is 1.55. The minimum atomic E-state index is 0. The molecule has 1 atom stereocenters. The third-order valence-corrected chi connectivity index (χ3v) is 3.64. The molecule has 0 aromatic carbocycles. The topological polar surface area (TPSA) is 38.9 Å². The molecule has 0 bridgehead atoms. The van der Waals surface area contributed by atoms with Crippen LogP contribution in [0.25, 0.3) is 0 Å². The first-order valence-electron chi connectivity index (χ1n) is 5.93. The molecule has 16 heavy (non-hydrogen) atoms. The van der Waals surface area contributed by atoms with E-state index in [1.165, 1.54) is 31.2 Å². The Morgan fingerprint density at radius 2 is 2.00 bits per heavy atom. The first-order chi connectivity index (χ1) is 7.27. The van der Waals surface area contributed by atoms with Gasteiger partial charge in [-0.1, -0.05) is 25.8 Å². The zero-order chi connectivity index (χ0) is 10.7. The molecule has 0 radical (unpaired) electrons. The molecule has 1 unspecified atom stereocenters. The second-order valence-electron chi connectivity index (χ2n) is 4.83. The van der Waals surface area contributed by atoms with Crippen molar-refractivity contribution in [1.82, 2.24) is 4.98 Å². The normalized spacial score (nSPS) is 26.9. The van der Waals surface area contributed by atoms with Crippen molar-refractivity contribution in [3.63, 3.8) is 0 Å². The van der Waals surface area contributed by atoms with Gasteiger partial charge >= 0.3 is 0 Å². The number of pyridine rings is 1. The number of nitrogens with two attached hydrogens (primary N) is 1. The van der Waals surface area contributed by atoms with Crippen LogP contribution in [0.5, 0.6) is 0 Å². The Balaban J connectivity index is 0.00000128. The lowest BCUT2D eigenvalue weighted by atomic mass is 9.78. The summed E-state index contributed by atoms with van der Waals surface area (Å²) in [5.41, 5.74) is 7.47. The van der Waals surface area contributed by atoms with E-state index in [4.69, 9.17) is 5.73 Å². The van der Waals surface area contributed by atoms with Crippen molar-refractivity contribution in [3.05, 3.63) is 30.1 Å². The molecule has 1 heterocycles. The van der Waals surface area contributed by atoms with Gasteiger partial charge in [0.1, 0.15) is 0 Å². The average molecular weight is 241 g/mol. The van der Waals surface area contributed by atoms with Crippen LogP contribution < -0.4 is 5.73 Å². The van der Waals surface area contributed by atoms with Crippen LogP contribution in [0.3, 0.4) is 0 Å². The molecule has 0 aliphatic heterocycles. The second kappa shape index (κ2) is 6.21. The first-order valence-corrected chi connectivity index (χ1v) is 5.93. The SMILES string of the molecule is CC1CCC(C(N)c2cccnc2)CC1.Cl. The van der Waals surface area contributed by atoms with E-state index >= 15 is 0 Å². The van der Waals surface area contributed by atoms with Gasteiger partial charge in [0.15, 0.2) is 0 Å². The zero-order valence-corrected chi connectivity index (χ0v) is 10.6.